The van der Waals surface area contributed by atoms with E-state index in [4.69, 9.17) is 11.6 Å². The monoisotopic (exact) mass is 293 g/mol. The molecular weight excluding hydrogens is 270 g/mol. The van der Waals surface area contributed by atoms with Gasteiger partial charge in [0, 0.05) is 29.6 Å². The second-order valence-electron chi connectivity index (χ2n) is 5.13. The lowest BCUT2D eigenvalue weighted by atomic mass is 10.0. The standard InChI is InChI=1S/C17H24ClNO/c1-5-13-7-8-14(11-16(13)18)19-17(12(3)4)10-9-15(20)6-2/h7-8,11,17,19H,3,5-6,9-10H2,1-2,4H3. The van der Waals surface area contributed by atoms with Crippen LogP contribution in [0.4, 0.5) is 5.69 Å². The number of hydrogen-bond donors (Lipinski definition) is 1. The van der Waals surface area contributed by atoms with Gasteiger partial charge in [-0.1, -0.05) is 43.7 Å². The molecule has 3 heteroatoms. The number of ketones is 1. The van der Waals surface area contributed by atoms with E-state index < -0.39 is 0 Å². The van der Waals surface area contributed by atoms with Gasteiger partial charge in [0.15, 0.2) is 0 Å². The first-order valence-corrected chi connectivity index (χ1v) is 7.57. The summed E-state index contributed by atoms with van der Waals surface area (Å²) in [5.41, 5.74) is 3.15. The van der Waals surface area contributed by atoms with E-state index in [1.807, 2.05) is 32.0 Å². The van der Waals surface area contributed by atoms with E-state index in [9.17, 15) is 4.79 Å². The Morgan fingerprint density at radius 2 is 2.10 bits per heavy atom. The molecule has 1 unspecified atom stereocenters. The first-order chi connectivity index (χ1) is 9.47. The number of halogens is 1. The van der Waals surface area contributed by atoms with Gasteiger partial charge in [-0.05, 0) is 37.5 Å². The average Bonchev–Trinajstić information content (AvgIpc) is 2.42. The lowest BCUT2D eigenvalue weighted by molar-refractivity contribution is -0.118. The summed E-state index contributed by atoms with van der Waals surface area (Å²) < 4.78 is 0. The zero-order valence-corrected chi connectivity index (χ0v) is 13.4. The molecule has 0 saturated carbocycles. The Bertz CT molecular complexity index is 482. The van der Waals surface area contributed by atoms with Crippen LogP contribution in [0.3, 0.4) is 0 Å². The Balaban J connectivity index is 2.72. The molecule has 110 valence electrons. The lowest BCUT2D eigenvalue weighted by Gasteiger charge is -2.20. The molecule has 0 aliphatic carbocycles. The van der Waals surface area contributed by atoms with E-state index >= 15 is 0 Å². The smallest absolute Gasteiger partial charge is 0.132 e. The van der Waals surface area contributed by atoms with E-state index in [2.05, 4.69) is 18.8 Å². The van der Waals surface area contributed by atoms with Crippen LogP contribution in [0.25, 0.3) is 0 Å². The maximum absolute atomic E-state index is 11.5. The number of nitrogens with one attached hydrogen (secondary N) is 1. The Morgan fingerprint density at radius 3 is 2.60 bits per heavy atom. The van der Waals surface area contributed by atoms with Crippen molar-refractivity contribution in [1.82, 2.24) is 0 Å². The van der Waals surface area contributed by atoms with Crippen LogP contribution in [0.2, 0.25) is 5.02 Å². The molecule has 0 fully saturated rings. The van der Waals surface area contributed by atoms with Crippen LogP contribution in [0.5, 0.6) is 0 Å². The molecule has 0 aliphatic rings. The van der Waals surface area contributed by atoms with Crippen molar-refractivity contribution < 1.29 is 4.79 Å². The molecule has 0 amide bonds. The van der Waals surface area contributed by atoms with Crippen LogP contribution < -0.4 is 5.32 Å². The molecule has 0 aliphatic heterocycles. The Morgan fingerprint density at radius 1 is 1.40 bits per heavy atom. The number of hydrogen-bond acceptors (Lipinski definition) is 2. The van der Waals surface area contributed by atoms with Gasteiger partial charge in [-0.3, -0.25) is 4.79 Å². The maximum Gasteiger partial charge on any atom is 0.132 e. The first kappa shape index (κ1) is 16.8. The number of Topliss-reactive ketones (excluding diaryl/α,β-unsaturated/α-hetero) is 1. The van der Waals surface area contributed by atoms with Crippen molar-refractivity contribution in [2.45, 2.75) is 52.5 Å². The molecule has 1 atom stereocenters. The van der Waals surface area contributed by atoms with Crippen molar-refractivity contribution in [3.8, 4) is 0 Å². The van der Waals surface area contributed by atoms with E-state index in [1.54, 1.807) is 0 Å². The largest absolute Gasteiger partial charge is 0.379 e. The fourth-order valence-corrected chi connectivity index (χ4v) is 2.36. The Hall–Kier alpha value is -1.28. The van der Waals surface area contributed by atoms with Gasteiger partial charge in [-0.15, -0.1) is 0 Å². The van der Waals surface area contributed by atoms with Gasteiger partial charge in [0.25, 0.3) is 0 Å². The van der Waals surface area contributed by atoms with Gasteiger partial charge in [0.1, 0.15) is 5.78 Å². The molecule has 0 heterocycles. The SMILES string of the molecule is C=C(C)C(CCC(=O)CC)Nc1ccc(CC)c(Cl)c1. The predicted molar refractivity (Wildman–Crippen MR) is 87.6 cm³/mol. The van der Waals surface area contributed by atoms with Gasteiger partial charge in [-0.2, -0.15) is 0 Å². The molecule has 0 radical (unpaired) electrons. The molecule has 0 spiro atoms. The van der Waals surface area contributed by atoms with Gasteiger partial charge < -0.3 is 5.32 Å². The van der Waals surface area contributed by atoms with E-state index in [1.165, 1.54) is 0 Å². The third kappa shape index (κ3) is 5.01. The molecule has 1 rings (SSSR count). The minimum absolute atomic E-state index is 0.106. The molecule has 1 aromatic rings. The minimum Gasteiger partial charge on any atom is -0.379 e. The molecule has 2 nitrogen and oxygen atoms in total. The second kappa shape index (κ2) is 8.11. The van der Waals surface area contributed by atoms with Gasteiger partial charge in [0.2, 0.25) is 0 Å². The Kier molecular flexibility index (Phi) is 6.80. The number of carbonyl (C=O) groups is 1. The van der Waals surface area contributed by atoms with Crippen molar-refractivity contribution >= 4 is 23.1 Å². The zero-order chi connectivity index (χ0) is 15.1. The lowest BCUT2D eigenvalue weighted by Crippen LogP contribution is -2.21. The number of anilines is 1. The van der Waals surface area contributed by atoms with Crippen LogP contribution in [0.15, 0.2) is 30.4 Å². The van der Waals surface area contributed by atoms with Crippen LogP contribution >= 0.6 is 11.6 Å². The summed E-state index contributed by atoms with van der Waals surface area (Å²) in [6.07, 6.45) is 2.88. The maximum atomic E-state index is 11.5. The molecular formula is C17H24ClNO. The number of benzene rings is 1. The highest BCUT2D eigenvalue weighted by atomic mass is 35.5. The quantitative estimate of drug-likeness (QED) is 0.682. The molecule has 0 bridgehead atoms. The number of carbonyl (C=O) groups excluding carboxylic acids is 1. The van der Waals surface area contributed by atoms with Gasteiger partial charge in [0.05, 0.1) is 0 Å². The summed E-state index contributed by atoms with van der Waals surface area (Å²) in [7, 11) is 0. The van der Waals surface area contributed by atoms with Crippen molar-refractivity contribution in [3.05, 3.63) is 40.9 Å². The molecule has 0 aromatic heterocycles. The highest BCUT2D eigenvalue weighted by Crippen LogP contribution is 2.23. The third-order valence-electron chi connectivity index (χ3n) is 3.48. The fraction of sp³-hybridized carbons (Fsp3) is 0.471. The van der Waals surface area contributed by atoms with Crippen LogP contribution in [-0.2, 0) is 11.2 Å². The topological polar surface area (TPSA) is 29.1 Å². The fourth-order valence-electron chi connectivity index (χ4n) is 2.05. The third-order valence-corrected chi connectivity index (χ3v) is 3.83. The average molecular weight is 294 g/mol. The zero-order valence-electron chi connectivity index (χ0n) is 12.6. The number of aryl methyl sites for hydroxylation is 1. The summed E-state index contributed by atoms with van der Waals surface area (Å²) in [6, 6.07) is 6.12. The predicted octanol–water partition coefficient (Wildman–Crippen LogP) is 5.02. The van der Waals surface area contributed by atoms with Gasteiger partial charge >= 0.3 is 0 Å². The van der Waals surface area contributed by atoms with Crippen molar-refractivity contribution in [2.24, 2.45) is 0 Å². The highest BCUT2D eigenvalue weighted by Gasteiger charge is 2.12. The summed E-state index contributed by atoms with van der Waals surface area (Å²) in [6.45, 7) is 9.97. The van der Waals surface area contributed by atoms with Gasteiger partial charge in [-0.25, -0.2) is 0 Å². The van der Waals surface area contributed by atoms with E-state index in [0.29, 0.717) is 12.8 Å². The minimum atomic E-state index is 0.106. The van der Waals surface area contributed by atoms with Crippen molar-refractivity contribution in [3.63, 3.8) is 0 Å². The molecule has 20 heavy (non-hydrogen) atoms. The van der Waals surface area contributed by atoms with Crippen LogP contribution in [0, 0.1) is 0 Å². The van der Waals surface area contributed by atoms with Crippen molar-refractivity contribution in [2.75, 3.05) is 5.32 Å². The first-order valence-electron chi connectivity index (χ1n) is 7.20. The highest BCUT2D eigenvalue weighted by molar-refractivity contribution is 6.31. The molecule has 1 N–H and O–H groups in total. The second-order valence-corrected chi connectivity index (χ2v) is 5.54. The summed E-state index contributed by atoms with van der Waals surface area (Å²) >= 11 is 6.23. The van der Waals surface area contributed by atoms with E-state index in [-0.39, 0.29) is 11.8 Å². The van der Waals surface area contributed by atoms with Crippen LogP contribution in [0.1, 0.15) is 45.6 Å². The Labute approximate surface area is 127 Å². The number of rotatable bonds is 8. The summed E-state index contributed by atoms with van der Waals surface area (Å²) in [5, 5.41) is 4.19. The summed E-state index contributed by atoms with van der Waals surface area (Å²) in [5.74, 6) is 0.289. The van der Waals surface area contributed by atoms with Crippen LogP contribution in [-0.4, -0.2) is 11.8 Å². The normalized spacial score (nSPS) is 12.0. The molecule has 0 saturated heterocycles. The van der Waals surface area contributed by atoms with E-state index in [0.717, 1.165) is 34.7 Å². The molecule has 1 aromatic carbocycles. The summed E-state index contributed by atoms with van der Waals surface area (Å²) in [4.78, 5) is 11.5. The van der Waals surface area contributed by atoms with Crippen molar-refractivity contribution in [1.29, 1.82) is 0 Å².